The summed E-state index contributed by atoms with van der Waals surface area (Å²) in [5.41, 5.74) is 2.59. The van der Waals surface area contributed by atoms with E-state index in [0.29, 0.717) is 17.1 Å². The standard InChI is InChI=1S/C17H14BrFN6O4/c1-28-11-5-2-9(3-6-11)21-17(26)22-16-14(24-29-25-16)15(23-27)20-10-4-7-13(19)12(18)8-10/h2-8,27H,1H3,(H,20,23)(H2,21,22,25,26). The normalized spacial score (nSPS) is 11.1. The van der Waals surface area contributed by atoms with Crippen LogP contribution in [-0.2, 0) is 0 Å². The lowest BCUT2D eigenvalue weighted by atomic mass is 10.3. The summed E-state index contributed by atoms with van der Waals surface area (Å²) in [6.45, 7) is 0. The fourth-order valence-corrected chi connectivity index (χ4v) is 2.55. The Morgan fingerprint density at radius 1 is 1.21 bits per heavy atom. The van der Waals surface area contributed by atoms with Crippen LogP contribution in [0.2, 0.25) is 0 Å². The largest absolute Gasteiger partial charge is 0.497 e. The molecular formula is C17H14BrFN6O4. The number of halogens is 2. The van der Waals surface area contributed by atoms with E-state index in [9.17, 15) is 14.4 Å². The van der Waals surface area contributed by atoms with Crippen molar-refractivity contribution >= 4 is 45.0 Å². The van der Waals surface area contributed by atoms with E-state index in [1.54, 1.807) is 24.3 Å². The van der Waals surface area contributed by atoms with Gasteiger partial charge in [0.25, 0.3) is 0 Å². The number of nitrogens with zero attached hydrogens (tertiary/aromatic N) is 3. The van der Waals surface area contributed by atoms with E-state index in [0.717, 1.165) is 0 Å². The van der Waals surface area contributed by atoms with E-state index >= 15 is 0 Å². The van der Waals surface area contributed by atoms with Crippen LogP contribution in [0.4, 0.5) is 26.4 Å². The molecule has 0 aliphatic heterocycles. The van der Waals surface area contributed by atoms with Crippen LogP contribution in [-0.4, -0.2) is 34.5 Å². The van der Waals surface area contributed by atoms with Crippen molar-refractivity contribution in [2.24, 2.45) is 4.99 Å². The van der Waals surface area contributed by atoms with E-state index in [2.05, 4.69) is 46.5 Å². The van der Waals surface area contributed by atoms with Crippen molar-refractivity contribution in [1.29, 1.82) is 0 Å². The van der Waals surface area contributed by atoms with Gasteiger partial charge in [-0.25, -0.2) is 18.8 Å². The Balaban J connectivity index is 1.76. The Hall–Kier alpha value is -3.51. The topological polar surface area (TPSA) is 134 Å². The molecule has 0 aliphatic rings. The first-order valence-corrected chi connectivity index (χ1v) is 8.78. The molecule has 0 fully saturated rings. The number of rotatable bonds is 5. The minimum absolute atomic E-state index is 0.0715. The number of methoxy groups -OCH3 is 1. The van der Waals surface area contributed by atoms with Crippen LogP contribution >= 0.6 is 15.9 Å². The quantitative estimate of drug-likeness (QED) is 0.257. The number of anilines is 2. The molecule has 10 nitrogen and oxygen atoms in total. The van der Waals surface area contributed by atoms with Crippen LogP contribution < -0.4 is 20.9 Å². The molecule has 2 aromatic carbocycles. The van der Waals surface area contributed by atoms with Gasteiger partial charge in [-0.1, -0.05) is 0 Å². The SMILES string of the molecule is COc1ccc(NC(=O)Nc2nonc2C(=Nc2ccc(F)c(Br)c2)NO)cc1. The van der Waals surface area contributed by atoms with Gasteiger partial charge in [-0.2, -0.15) is 0 Å². The zero-order chi connectivity index (χ0) is 20.8. The summed E-state index contributed by atoms with van der Waals surface area (Å²) in [5.74, 6) is -0.105. The number of carbonyl (C=O) groups is 1. The number of aromatic nitrogens is 2. The molecule has 3 aromatic rings. The van der Waals surface area contributed by atoms with Crippen LogP contribution in [0.1, 0.15) is 5.69 Å². The van der Waals surface area contributed by atoms with E-state index < -0.39 is 11.8 Å². The highest BCUT2D eigenvalue weighted by Gasteiger charge is 2.19. The molecule has 0 bridgehead atoms. The maximum atomic E-state index is 13.4. The Labute approximate surface area is 171 Å². The van der Waals surface area contributed by atoms with E-state index in [4.69, 9.17) is 4.74 Å². The average molecular weight is 465 g/mol. The molecule has 150 valence electrons. The van der Waals surface area contributed by atoms with Gasteiger partial charge in [-0.05, 0) is 68.7 Å². The Morgan fingerprint density at radius 2 is 1.97 bits per heavy atom. The van der Waals surface area contributed by atoms with Gasteiger partial charge < -0.3 is 10.1 Å². The lowest BCUT2D eigenvalue weighted by molar-refractivity contribution is 0.234. The van der Waals surface area contributed by atoms with Crippen LogP contribution in [0.3, 0.4) is 0 Å². The summed E-state index contributed by atoms with van der Waals surface area (Å²) in [7, 11) is 1.53. The van der Waals surface area contributed by atoms with Gasteiger partial charge in [0, 0.05) is 5.69 Å². The molecule has 0 saturated carbocycles. The molecule has 0 unspecified atom stereocenters. The summed E-state index contributed by atoms with van der Waals surface area (Å²) in [6.07, 6.45) is 0. The first-order chi connectivity index (χ1) is 14.0. The van der Waals surface area contributed by atoms with Crippen LogP contribution in [0.25, 0.3) is 0 Å². The number of urea groups is 1. The zero-order valence-electron chi connectivity index (χ0n) is 14.8. The Bertz CT molecular complexity index is 1040. The summed E-state index contributed by atoms with van der Waals surface area (Å²) in [4.78, 5) is 16.3. The number of amides is 2. The highest BCUT2D eigenvalue weighted by Crippen LogP contribution is 2.23. The fourth-order valence-electron chi connectivity index (χ4n) is 2.18. The number of aliphatic imine (C=N–C) groups is 1. The minimum atomic E-state index is -0.631. The average Bonchev–Trinajstić information content (AvgIpc) is 3.17. The highest BCUT2D eigenvalue weighted by atomic mass is 79.9. The molecule has 0 saturated heterocycles. The lowest BCUT2D eigenvalue weighted by Crippen LogP contribution is -2.25. The smallest absolute Gasteiger partial charge is 0.325 e. The number of hydrogen-bond acceptors (Lipinski definition) is 7. The Morgan fingerprint density at radius 3 is 2.62 bits per heavy atom. The van der Waals surface area contributed by atoms with Crippen molar-refractivity contribution in [2.75, 3.05) is 17.7 Å². The van der Waals surface area contributed by atoms with Gasteiger partial charge in [0.2, 0.25) is 5.82 Å². The predicted molar refractivity (Wildman–Crippen MR) is 105 cm³/mol. The molecule has 0 spiro atoms. The van der Waals surface area contributed by atoms with Crippen molar-refractivity contribution in [3.8, 4) is 5.75 Å². The van der Waals surface area contributed by atoms with Gasteiger partial charge in [0.1, 0.15) is 11.6 Å². The third kappa shape index (κ3) is 5.06. The number of amidine groups is 1. The molecule has 0 radical (unpaired) electrons. The highest BCUT2D eigenvalue weighted by molar-refractivity contribution is 9.10. The Kier molecular flexibility index (Phi) is 6.36. The van der Waals surface area contributed by atoms with Crippen molar-refractivity contribution in [3.05, 3.63) is 58.4 Å². The molecule has 1 aromatic heterocycles. The second kappa shape index (κ2) is 9.12. The van der Waals surface area contributed by atoms with E-state index in [1.807, 2.05) is 5.48 Å². The van der Waals surface area contributed by atoms with Gasteiger partial charge in [-0.3, -0.25) is 16.0 Å². The number of hydroxylamine groups is 1. The third-order valence-electron chi connectivity index (χ3n) is 3.54. The fraction of sp³-hybridized carbons (Fsp3) is 0.0588. The van der Waals surface area contributed by atoms with Gasteiger partial charge in [0.05, 0.1) is 17.3 Å². The second-order valence-electron chi connectivity index (χ2n) is 5.44. The van der Waals surface area contributed by atoms with Gasteiger partial charge in [-0.15, -0.1) is 0 Å². The van der Waals surface area contributed by atoms with Crippen molar-refractivity contribution in [1.82, 2.24) is 15.8 Å². The molecule has 0 aliphatic carbocycles. The second-order valence-corrected chi connectivity index (χ2v) is 6.29. The number of nitrogens with one attached hydrogen (secondary N) is 3. The summed E-state index contributed by atoms with van der Waals surface area (Å²) < 4.78 is 23.2. The van der Waals surface area contributed by atoms with Crippen molar-refractivity contribution < 1.29 is 23.8 Å². The molecule has 0 atom stereocenters. The first kappa shape index (κ1) is 20.2. The van der Waals surface area contributed by atoms with E-state index in [1.165, 1.54) is 25.3 Å². The van der Waals surface area contributed by atoms with Crippen LogP contribution in [0.5, 0.6) is 5.75 Å². The number of ether oxygens (including phenoxy) is 1. The molecule has 2 amide bonds. The number of carbonyl (C=O) groups excluding carboxylic acids is 1. The maximum Gasteiger partial charge on any atom is 0.325 e. The predicted octanol–water partition coefficient (Wildman–Crippen LogP) is 3.68. The van der Waals surface area contributed by atoms with E-state index in [-0.39, 0.29) is 21.8 Å². The lowest BCUT2D eigenvalue weighted by Gasteiger charge is -2.07. The summed E-state index contributed by atoms with van der Waals surface area (Å²) in [6, 6.07) is 10.00. The van der Waals surface area contributed by atoms with Gasteiger partial charge >= 0.3 is 6.03 Å². The molecule has 1 heterocycles. The monoisotopic (exact) mass is 464 g/mol. The number of hydrogen-bond donors (Lipinski definition) is 4. The van der Waals surface area contributed by atoms with Crippen molar-refractivity contribution in [2.45, 2.75) is 0 Å². The molecule has 29 heavy (non-hydrogen) atoms. The maximum absolute atomic E-state index is 13.4. The molecule has 12 heteroatoms. The summed E-state index contributed by atoms with van der Waals surface area (Å²) in [5, 5.41) is 21.7. The third-order valence-corrected chi connectivity index (χ3v) is 4.15. The minimum Gasteiger partial charge on any atom is -0.497 e. The van der Waals surface area contributed by atoms with Crippen molar-refractivity contribution in [3.63, 3.8) is 0 Å². The molecule has 4 N–H and O–H groups in total. The number of benzene rings is 2. The first-order valence-electron chi connectivity index (χ1n) is 7.99. The van der Waals surface area contributed by atoms with Crippen LogP contribution in [0.15, 0.2) is 56.6 Å². The van der Waals surface area contributed by atoms with Gasteiger partial charge in [0.15, 0.2) is 11.5 Å². The molecule has 3 rings (SSSR count). The summed E-state index contributed by atoms with van der Waals surface area (Å²) >= 11 is 3.05. The molecular weight excluding hydrogens is 451 g/mol. The zero-order valence-corrected chi connectivity index (χ0v) is 16.4. The van der Waals surface area contributed by atoms with Crippen LogP contribution in [0, 0.1) is 5.82 Å².